The molecule has 2 rings (SSSR count). The maximum atomic E-state index is 11.3. The van der Waals surface area contributed by atoms with E-state index in [1.165, 1.54) is 22.7 Å². The number of ether oxygens (including phenoxy) is 1. The first-order valence-electron chi connectivity index (χ1n) is 9.57. The van der Waals surface area contributed by atoms with Gasteiger partial charge in [0.25, 0.3) is 0 Å². The highest BCUT2D eigenvalue weighted by Crippen LogP contribution is 2.39. The molecule has 1 atom stereocenters. The second-order valence-corrected chi connectivity index (χ2v) is 7.42. The Morgan fingerprint density at radius 3 is 2.83 bits per heavy atom. The number of fused-ring (bicyclic) bond motifs is 1. The molecule has 1 aliphatic carbocycles. The predicted molar refractivity (Wildman–Crippen MR) is 122 cm³/mol. The summed E-state index contributed by atoms with van der Waals surface area (Å²) in [6.45, 7) is 9.66. The zero-order valence-electron chi connectivity index (χ0n) is 17.4. The van der Waals surface area contributed by atoms with E-state index in [0.717, 1.165) is 35.4 Å². The van der Waals surface area contributed by atoms with Gasteiger partial charge in [0, 0.05) is 24.7 Å². The van der Waals surface area contributed by atoms with Gasteiger partial charge in [-0.1, -0.05) is 18.7 Å². The molecule has 1 aliphatic rings. The van der Waals surface area contributed by atoms with Gasteiger partial charge in [-0.2, -0.15) is 5.26 Å². The summed E-state index contributed by atoms with van der Waals surface area (Å²) >= 11 is 1.65. The average molecular weight is 429 g/mol. The van der Waals surface area contributed by atoms with Crippen molar-refractivity contribution in [1.82, 2.24) is 5.32 Å². The van der Waals surface area contributed by atoms with Crippen LogP contribution in [0.2, 0.25) is 0 Å². The first kappa shape index (κ1) is 24.9. The van der Waals surface area contributed by atoms with E-state index in [2.05, 4.69) is 35.0 Å². The molecule has 0 radical (unpaired) electrons. The molecule has 30 heavy (non-hydrogen) atoms. The van der Waals surface area contributed by atoms with E-state index < -0.39 is 0 Å². The number of amides is 1. The van der Waals surface area contributed by atoms with Crippen molar-refractivity contribution in [3.63, 3.8) is 0 Å². The van der Waals surface area contributed by atoms with Gasteiger partial charge >= 0.3 is 6.09 Å². The number of nitrogens with zero attached hydrogens (tertiary/aromatic N) is 2. The molecule has 160 valence electrons. The number of aldehydes is 1. The van der Waals surface area contributed by atoms with Crippen molar-refractivity contribution in [2.24, 2.45) is 10.9 Å². The summed E-state index contributed by atoms with van der Waals surface area (Å²) in [6, 6.07) is 2.29. The standard InChI is InChI=1S/C14H19N3O2S.C8H9NO/c1-3-17-14(18)19-8-9-4-5-10-11(7-15)13(16-2)20-12(10)6-9;1-3-8(7-9-2)5-4-6-10/h9,16H,3-6,8H2,1-2H3,(H,17,18);3-7H,1-2H2/b;5-4+,8-7+/t9-;/m0./s1. The number of nitriles is 1. The van der Waals surface area contributed by atoms with Crippen LogP contribution in [0.25, 0.3) is 0 Å². The molecule has 7 nitrogen and oxygen atoms in total. The number of anilines is 1. The summed E-state index contributed by atoms with van der Waals surface area (Å²) in [7, 11) is 1.84. The Balaban J connectivity index is 0.000000382. The van der Waals surface area contributed by atoms with Crippen molar-refractivity contribution in [2.75, 3.05) is 25.5 Å². The average Bonchev–Trinajstić information content (AvgIpc) is 3.12. The number of rotatable bonds is 8. The maximum absolute atomic E-state index is 11.3. The quantitative estimate of drug-likeness (QED) is 0.282. The largest absolute Gasteiger partial charge is 0.449 e. The number of thiophene rings is 1. The Morgan fingerprint density at radius 1 is 1.50 bits per heavy atom. The van der Waals surface area contributed by atoms with E-state index in [9.17, 15) is 14.9 Å². The van der Waals surface area contributed by atoms with Gasteiger partial charge in [0.15, 0.2) is 0 Å². The van der Waals surface area contributed by atoms with Crippen molar-refractivity contribution in [2.45, 2.75) is 26.2 Å². The molecule has 0 unspecified atom stereocenters. The highest BCUT2D eigenvalue weighted by molar-refractivity contribution is 7.16. The molecule has 0 saturated carbocycles. The number of hydrogen-bond acceptors (Lipinski definition) is 7. The molecular weight excluding hydrogens is 400 g/mol. The van der Waals surface area contributed by atoms with Gasteiger partial charge in [-0.25, -0.2) is 4.79 Å². The van der Waals surface area contributed by atoms with Crippen molar-refractivity contribution in [3.8, 4) is 6.07 Å². The fourth-order valence-electron chi connectivity index (χ4n) is 2.90. The van der Waals surface area contributed by atoms with Crippen LogP contribution in [-0.2, 0) is 22.4 Å². The zero-order valence-corrected chi connectivity index (χ0v) is 18.3. The zero-order chi connectivity index (χ0) is 22.4. The Kier molecular flexibility index (Phi) is 11.5. The third-order valence-electron chi connectivity index (χ3n) is 4.32. The molecule has 0 aromatic carbocycles. The van der Waals surface area contributed by atoms with Crippen molar-refractivity contribution in [3.05, 3.63) is 52.6 Å². The smallest absolute Gasteiger partial charge is 0.407 e. The number of alkyl carbamates (subject to hydrolysis) is 1. The number of nitrogens with one attached hydrogen (secondary N) is 2. The Morgan fingerprint density at radius 2 is 2.27 bits per heavy atom. The second-order valence-electron chi connectivity index (χ2n) is 6.32. The summed E-state index contributed by atoms with van der Waals surface area (Å²) in [6.07, 6.45) is 9.17. The molecule has 1 aromatic rings. The monoisotopic (exact) mass is 428 g/mol. The van der Waals surface area contributed by atoms with Crippen LogP contribution in [-0.4, -0.2) is 39.3 Å². The normalized spacial score (nSPS) is 15.1. The van der Waals surface area contributed by atoms with Crippen LogP contribution in [0.1, 0.15) is 29.3 Å². The van der Waals surface area contributed by atoms with Crippen molar-refractivity contribution >= 4 is 35.4 Å². The topological polar surface area (TPSA) is 104 Å². The highest BCUT2D eigenvalue weighted by Gasteiger charge is 2.26. The fraction of sp³-hybridized carbons (Fsp3) is 0.364. The van der Waals surface area contributed by atoms with Crippen molar-refractivity contribution in [1.29, 1.82) is 5.26 Å². The van der Waals surface area contributed by atoms with Crippen molar-refractivity contribution < 1.29 is 14.3 Å². The van der Waals surface area contributed by atoms with Crippen LogP contribution in [0.15, 0.2) is 41.6 Å². The van der Waals surface area contributed by atoms with Gasteiger partial charge in [-0.05, 0) is 56.0 Å². The van der Waals surface area contributed by atoms with Gasteiger partial charge in [0.05, 0.1) is 12.2 Å². The van der Waals surface area contributed by atoms with Crippen LogP contribution in [0.5, 0.6) is 0 Å². The first-order valence-corrected chi connectivity index (χ1v) is 10.4. The molecule has 8 heteroatoms. The number of allylic oxidation sites excluding steroid dienone is 4. The lowest BCUT2D eigenvalue weighted by Crippen LogP contribution is -2.27. The van der Waals surface area contributed by atoms with Crippen LogP contribution >= 0.6 is 11.3 Å². The van der Waals surface area contributed by atoms with E-state index in [1.807, 2.05) is 14.0 Å². The summed E-state index contributed by atoms with van der Waals surface area (Å²) in [4.78, 5) is 25.9. The van der Waals surface area contributed by atoms with E-state index in [1.54, 1.807) is 23.5 Å². The van der Waals surface area contributed by atoms with E-state index >= 15 is 0 Å². The Bertz CT molecular complexity index is 849. The second kappa shape index (κ2) is 13.9. The van der Waals surface area contributed by atoms with Crippen LogP contribution in [0, 0.1) is 17.2 Å². The minimum atomic E-state index is -0.349. The number of hydrogen-bond donors (Lipinski definition) is 2. The molecule has 0 fully saturated rings. The molecule has 1 heterocycles. The third kappa shape index (κ3) is 7.68. The van der Waals surface area contributed by atoms with E-state index in [0.29, 0.717) is 25.4 Å². The number of carbonyl (C=O) groups excluding carboxylic acids is 2. The molecular formula is C22H28N4O3S. The van der Waals surface area contributed by atoms with E-state index in [4.69, 9.17) is 4.74 Å². The summed E-state index contributed by atoms with van der Waals surface area (Å²) in [5.41, 5.74) is 2.73. The number of carbonyl (C=O) groups is 2. The lowest BCUT2D eigenvalue weighted by atomic mass is 9.88. The lowest BCUT2D eigenvalue weighted by molar-refractivity contribution is -0.104. The summed E-state index contributed by atoms with van der Waals surface area (Å²) in [5, 5.41) is 15.9. The van der Waals surface area contributed by atoms with Gasteiger partial charge in [0.1, 0.15) is 17.4 Å². The SMILES string of the molecule is C=CC(/C=C/C=O)=C\N=C.CCNC(=O)OC[C@H]1CCc2c(sc(NC)c2C#N)C1. The minimum absolute atomic E-state index is 0.347. The van der Waals surface area contributed by atoms with Gasteiger partial charge in [0.2, 0.25) is 0 Å². The maximum Gasteiger partial charge on any atom is 0.407 e. The van der Waals surface area contributed by atoms with E-state index in [-0.39, 0.29) is 6.09 Å². The van der Waals surface area contributed by atoms with Crippen LogP contribution in [0.4, 0.5) is 9.80 Å². The summed E-state index contributed by atoms with van der Waals surface area (Å²) in [5.74, 6) is 0.347. The molecule has 0 spiro atoms. The van der Waals surface area contributed by atoms with Crippen LogP contribution < -0.4 is 10.6 Å². The predicted octanol–water partition coefficient (Wildman–Crippen LogP) is 4.02. The lowest BCUT2D eigenvalue weighted by Gasteiger charge is -2.21. The number of aliphatic imine (C=N–C) groups is 1. The minimum Gasteiger partial charge on any atom is -0.449 e. The molecule has 0 aliphatic heterocycles. The van der Waals surface area contributed by atoms with Gasteiger partial charge in [-0.15, -0.1) is 11.3 Å². The van der Waals surface area contributed by atoms with Crippen LogP contribution in [0.3, 0.4) is 0 Å². The molecule has 0 saturated heterocycles. The Labute approximate surface area is 181 Å². The first-order chi connectivity index (χ1) is 14.5. The molecule has 2 N–H and O–H groups in total. The highest BCUT2D eigenvalue weighted by atomic mass is 32.1. The molecule has 1 amide bonds. The Hall–Kier alpha value is -3.18. The fourth-order valence-corrected chi connectivity index (χ4v) is 4.17. The molecule has 0 bridgehead atoms. The summed E-state index contributed by atoms with van der Waals surface area (Å²) < 4.78 is 5.20. The third-order valence-corrected chi connectivity index (χ3v) is 5.59. The molecule has 1 aromatic heterocycles. The van der Waals surface area contributed by atoms with Gasteiger partial charge in [-0.3, -0.25) is 9.79 Å². The van der Waals surface area contributed by atoms with Gasteiger partial charge < -0.3 is 15.4 Å².